The lowest BCUT2D eigenvalue weighted by molar-refractivity contribution is -0.128. The molecule has 0 fully saturated rings. The van der Waals surface area contributed by atoms with Gasteiger partial charge in [-0.3, -0.25) is 14.4 Å². The maximum absolute atomic E-state index is 12.6. The van der Waals surface area contributed by atoms with Crippen LogP contribution in [0.15, 0.2) is 54.6 Å². The van der Waals surface area contributed by atoms with Crippen LogP contribution in [-0.2, 0) is 32.1 Å². The van der Waals surface area contributed by atoms with Crippen molar-refractivity contribution in [2.45, 2.75) is 19.1 Å². The molecule has 0 saturated carbocycles. The predicted octanol–water partition coefficient (Wildman–Crippen LogP) is -0.0526. The van der Waals surface area contributed by atoms with Crippen molar-refractivity contribution in [2.75, 3.05) is 13.1 Å². The Bertz CT molecular complexity index is 902. The molecule has 0 heterocycles. The van der Waals surface area contributed by atoms with Crippen LogP contribution in [0.25, 0.3) is 0 Å². The van der Waals surface area contributed by atoms with Crippen molar-refractivity contribution in [3.8, 4) is 5.75 Å². The van der Waals surface area contributed by atoms with Crippen LogP contribution in [0.2, 0.25) is 0 Å². The lowest BCUT2D eigenvalue weighted by Crippen LogP contribution is -2.50. The molecule has 0 radical (unpaired) electrons. The van der Waals surface area contributed by atoms with Crippen molar-refractivity contribution in [3.05, 3.63) is 65.7 Å². The number of benzene rings is 2. The molecule has 0 spiro atoms. The number of rotatable bonds is 10. The first kappa shape index (κ1) is 23.2. The minimum atomic E-state index is -1.04. The molecule has 1 atom stereocenters. The number of phenols is 1. The molecule has 2 rings (SSSR count). The Kier molecular flexibility index (Phi) is 8.84. The summed E-state index contributed by atoms with van der Waals surface area (Å²) in [5.41, 5.74) is 6.39. The highest BCUT2D eigenvalue weighted by atomic mass is 16.5. The van der Waals surface area contributed by atoms with E-state index in [0.29, 0.717) is 5.56 Å². The summed E-state index contributed by atoms with van der Waals surface area (Å²) in [5.74, 6) is -1.89. The van der Waals surface area contributed by atoms with Gasteiger partial charge < -0.3 is 31.5 Å². The maximum atomic E-state index is 12.6. The Morgan fingerprint density at radius 2 is 1.58 bits per heavy atom. The van der Waals surface area contributed by atoms with E-state index in [1.165, 1.54) is 12.1 Å². The SMILES string of the molecule is NC(=O)CNC(=O)CNC(=O)C(Cc1ccc(O)cc1)NC(=O)OCc1ccccc1. The average molecular weight is 428 g/mol. The largest absolute Gasteiger partial charge is 0.508 e. The van der Waals surface area contributed by atoms with E-state index in [2.05, 4.69) is 16.0 Å². The van der Waals surface area contributed by atoms with E-state index in [1.54, 1.807) is 36.4 Å². The standard InChI is InChI=1S/C21H24N4O6/c22-18(27)11-23-19(28)12-24-20(29)17(10-14-6-8-16(26)9-7-14)25-21(30)31-13-15-4-2-1-3-5-15/h1-9,17,26H,10-13H2,(H2,22,27)(H,23,28)(H,24,29)(H,25,30). The first-order valence-corrected chi connectivity index (χ1v) is 9.41. The van der Waals surface area contributed by atoms with Crippen LogP contribution >= 0.6 is 0 Å². The summed E-state index contributed by atoms with van der Waals surface area (Å²) in [7, 11) is 0. The maximum Gasteiger partial charge on any atom is 0.408 e. The van der Waals surface area contributed by atoms with E-state index in [9.17, 15) is 24.3 Å². The van der Waals surface area contributed by atoms with Gasteiger partial charge >= 0.3 is 6.09 Å². The first-order valence-electron chi connectivity index (χ1n) is 9.41. The number of phenolic OH excluding ortho intramolecular Hbond substituents is 1. The number of alkyl carbamates (subject to hydrolysis) is 1. The van der Waals surface area contributed by atoms with Crippen molar-refractivity contribution >= 4 is 23.8 Å². The quantitative estimate of drug-likeness (QED) is 0.357. The molecule has 10 nitrogen and oxygen atoms in total. The lowest BCUT2D eigenvalue weighted by atomic mass is 10.1. The summed E-state index contributed by atoms with van der Waals surface area (Å²) in [4.78, 5) is 47.2. The van der Waals surface area contributed by atoms with E-state index < -0.39 is 36.4 Å². The van der Waals surface area contributed by atoms with Gasteiger partial charge in [0.2, 0.25) is 17.7 Å². The van der Waals surface area contributed by atoms with Gasteiger partial charge in [-0.1, -0.05) is 42.5 Å². The van der Waals surface area contributed by atoms with Gasteiger partial charge in [0.1, 0.15) is 18.4 Å². The molecular formula is C21H24N4O6. The number of nitrogens with two attached hydrogens (primary N) is 1. The van der Waals surface area contributed by atoms with Crippen LogP contribution in [0, 0.1) is 0 Å². The molecule has 2 aromatic carbocycles. The van der Waals surface area contributed by atoms with E-state index in [1.807, 2.05) is 6.07 Å². The Labute approximate surface area is 178 Å². The van der Waals surface area contributed by atoms with Crippen LogP contribution in [0.5, 0.6) is 5.75 Å². The van der Waals surface area contributed by atoms with Gasteiger partial charge in [-0.05, 0) is 23.3 Å². The number of hydrogen-bond donors (Lipinski definition) is 5. The van der Waals surface area contributed by atoms with Gasteiger partial charge in [0.15, 0.2) is 0 Å². The number of ether oxygens (including phenoxy) is 1. The molecule has 6 N–H and O–H groups in total. The molecule has 164 valence electrons. The molecule has 31 heavy (non-hydrogen) atoms. The number of amides is 4. The van der Waals surface area contributed by atoms with Crippen molar-refractivity contribution in [1.29, 1.82) is 0 Å². The molecule has 0 aromatic heterocycles. The summed E-state index contributed by atoms with van der Waals surface area (Å²) in [6, 6.07) is 14.1. The fourth-order valence-corrected chi connectivity index (χ4v) is 2.52. The Hall–Kier alpha value is -4.08. The van der Waals surface area contributed by atoms with Gasteiger partial charge in [-0.2, -0.15) is 0 Å². The predicted molar refractivity (Wildman–Crippen MR) is 111 cm³/mol. The van der Waals surface area contributed by atoms with Crippen molar-refractivity contribution in [3.63, 3.8) is 0 Å². The number of hydrogen-bond acceptors (Lipinski definition) is 6. The van der Waals surface area contributed by atoms with E-state index in [4.69, 9.17) is 10.5 Å². The van der Waals surface area contributed by atoms with Crippen LogP contribution in [0.4, 0.5) is 4.79 Å². The molecule has 10 heteroatoms. The van der Waals surface area contributed by atoms with Crippen LogP contribution in [0.3, 0.4) is 0 Å². The summed E-state index contributed by atoms with van der Waals surface area (Å²) < 4.78 is 5.16. The second kappa shape index (κ2) is 11.8. The highest BCUT2D eigenvalue weighted by molar-refractivity contribution is 5.90. The zero-order chi connectivity index (χ0) is 22.6. The number of aromatic hydroxyl groups is 1. The summed E-state index contributed by atoms with van der Waals surface area (Å²) >= 11 is 0. The third-order valence-electron chi connectivity index (χ3n) is 4.08. The third-order valence-corrected chi connectivity index (χ3v) is 4.08. The van der Waals surface area contributed by atoms with Crippen molar-refractivity contribution in [2.24, 2.45) is 5.73 Å². The zero-order valence-electron chi connectivity index (χ0n) is 16.7. The van der Waals surface area contributed by atoms with Crippen LogP contribution in [-0.4, -0.2) is 48.1 Å². The van der Waals surface area contributed by atoms with Gasteiger partial charge in [-0.25, -0.2) is 4.79 Å². The van der Waals surface area contributed by atoms with Gasteiger partial charge in [-0.15, -0.1) is 0 Å². The summed E-state index contributed by atoms with van der Waals surface area (Å²) in [6.07, 6.45) is -0.712. The molecule has 0 saturated heterocycles. The van der Waals surface area contributed by atoms with E-state index in [-0.39, 0.29) is 25.3 Å². The Morgan fingerprint density at radius 1 is 0.903 bits per heavy atom. The van der Waals surface area contributed by atoms with Crippen molar-refractivity contribution in [1.82, 2.24) is 16.0 Å². The van der Waals surface area contributed by atoms with Crippen molar-refractivity contribution < 1.29 is 29.0 Å². The normalized spacial score (nSPS) is 11.1. The summed E-state index contributed by atoms with van der Waals surface area (Å²) in [5, 5.41) is 16.5. The molecule has 2 aromatic rings. The average Bonchev–Trinajstić information content (AvgIpc) is 2.76. The number of nitrogens with one attached hydrogen (secondary N) is 3. The molecule has 4 amide bonds. The van der Waals surface area contributed by atoms with Gasteiger partial charge in [0.25, 0.3) is 0 Å². The monoisotopic (exact) mass is 428 g/mol. The first-order chi connectivity index (χ1) is 14.8. The molecule has 1 unspecified atom stereocenters. The highest BCUT2D eigenvalue weighted by Gasteiger charge is 2.22. The fraction of sp³-hybridized carbons (Fsp3) is 0.238. The Morgan fingerprint density at radius 3 is 2.23 bits per heavy atom. The van der Waals surface area contributed by atoms with Crippen LogP contribution in [0.1, 0.15) is 11.1 Å². The highest BCUT2D eigenvalue weighted by Crippen LogP contribution is 2.12. The van der Waals surface area contributed by atoms with Crippen LogP contribution < -0.4 is 21.7 Å². The lowest BCUT2D eigenvalue weighted by Gasteiger charge is -2.18. The van der Waals surface area contributed by atoms with Gasteiger partial charge in [0, 0.05) is 6.42 Å². The van der Waals surface area contributed by atoms with Gasteiger partial charge in [0.05, 0.1) is 13.1 Å². The topological polar surface area (TPSA) is 160 Å². The van der Waals surface area contributed by atoms with E-state index in [0.717, 1.165) is 5.56 Å². The third kappa shape index (κ3) is 8.86. The zero-order valence-corrected chi connectivity index (χ0v) is 16.7. The molecule has 0 aliphatic heterocycles. The number of primary amides is 1. The van der Waals surface area contributed by atoms with E-state index >= 15 is 0 Å². The minimum absolute atomic E-state index is 0.0236. The second-order valence-electron chi connectivity index (χ2n) is 6.59. The second-order valence-corrected chi connectivity index (χ2v) is 6.59. The molecule has 0 aliphatic rings. The molecule has 0 bridgehead atoms. The Balaban J connectivity index is 1.96. The number of carbonyl (C=O) groups is 4. The minimum Gasteiger partial charge on any atom is -0.508 e. The smallest absolute Gasteiger partial charge is 0.408 e. The molecular weight excluding hydrogens is 404 g/mol. The fourth-order valence-electron chi connectivity index (χ4n) is 2.52. The number of carbonyl (C=O) groups excluding carboxylic acids is 4. The summed E-state index contributed by atoms with van der Waals surface area (Å²) in [6.45, 7) is -0.732. The molecule has 0 aliphatic carbocycles.